The molecular formula is C47H82O5. The lowest BCUT2D eigenvalue weighted by Crippen LogP contribution is -2.28. The van der Waals surface area contributed by atoms with Crippen LogP contribution in [-0.4, -0.2) is 36.4 Å². The highest BCUT2D eigenvalue weighted by molar-refractivity contribution is 5.70. The molecule has 0 aliphatic heterocycles. The van der Waals surface area contributed by atoms with E-state index in [0.29, 0.717) is 12.8 Å². The van der Waals surface area contributed by atoms with Gasteiger partial charge in [-0.25, -0.2) is 0 Å². The number of hydrogen-bond donors (Lipinski definition) is 1. The summed E-state index contributed by atoms with van der Waals surface area (Å²) in [4.78, 5) is 24.3. The molecule has 5 nitrogen and oxygen atoms in total. The molecule has 52 heavy (non-hydrogen) atoms. The van der Waals surface area contributed by atoms with Gasteiger partial charge in [0, 0.05) is 12.8 Å². The van der Waals surface area contributed by atoms with Crippen LogP contribution in [0.1, 0.15) is 206 Å². The summed E-state index contributed by atoms with van der Waals surface area (Å²) in [6.45, 7) is 4.08. The van der Waals surface area contributed by atoms with Crippen LogP contribution >= 0.6 is 0 Å². The van der Waals surface area contributed by atoms with Gasteiger partial charge in [-0.05, 0) is 83.5 Å². The van der Waals surface area contributed by atoms with Gasteiger partial charge in [-0.15, -0.1) is 0 Å². The highest BCUT2D eigenvalue weighted by atomic mass is 16.6. The first-order chi connectivity index (χ1) is 25.6. The minimum Gasteiger partial charge on any atom is -0.462 e. The molecule has 0 spiro atoms. The molecule has 0 aromatic carbocycles. The van der Waals surface area contributed by atoms with E-state index >= 15 is 0 Å². The van der Waals surface area contributed by atoms with Gasteiger partial charge in [-0.3, -0.25) is 9.59 Å². The quantitative estimate of drug-likeness (QED) is 0.0388. The fraction of sp³-hybridized carbons (Fsp3) is 0.745. The van der Waals surface area contributed by atoms with E-state index in [1.807, 2.05) is 0 Å². The minimum absolute atomic E-state index is 0.0772. The van der Waals surface area contributed by atoms with E-state index in [9.17, 15) is 14.7 Å². The lowest BCUT2D eigenvalue weighted by molar-refractivity contribution is -0.161. The number of ether oxygens (including phenoxy) is 2. The van der Waals surface area contributed by atoms with Crippen molar-refractivity contribution >= 4 is 11.9 Å². The van der Waals surface area contributed by atoms with Crippen molar-refractivity contribution in [2.75, 3.05) is 13.2 Å². The normalized spacial score (nSPS) is 12.8. The van der Waals surface area contributed by atoms with Crippen LogP contribution in [0.15, 0.2) is 60.8 Å². The predicted molar refractivity (Wildman–Crippen MR) is 223 cm³/mol. The monoisotopic (exact) mass is 727 g/mol. The average molecular weight is 727 g/mol. The number of aliphatic hydroxyl groups is 1. The van der Waals surface area contributed by atoms with Gasteiger partial charge in [0.05, 0.1) is 6.61 Å². The Hall–Kier alpha value is -2.40. The average Bonchev–Trinajstić information content (AvgIpc) is 3.15. The van der Waals surface area contributed by atoms with Crippen molar-refractivity contribution in [1.82, 2.24) is 0 Å². The van der Waals surface area contributed by atoms with Crippen molar-refractivity contribution in [1.29, 1.82) is 0 Å². The molecule has 1 unspecified atom stereocenters. The first-order valence-corrected chi connectivity index (χ1v) is 21.8. The largest absolute Gasteiger partial charge is 0.462 e. The molecule has 0 saturated carbocycles. The summed E-state index contributed by atoms with van der Waals surface area (Å²) in [6.07, 6.45) is 55.7. The second-order valence-electron chi connectivity index (χ2n) is 14.4. The Morgan fingerprint density at radius 2 is 0.769 bits per heavy atom. The molecule has 0 aliphatic carbocycles. The molecule has 1 N–H and O–H groups in total. The number of carbonyl (C=O) groups is 2. The second-order valence-corrected chi connectivity index (χ2v) is 14.4. The highest BCUT2D eigenvalue weighted by Gasteiger charge is 2.16. The molecule has 0 aromatic rings. The van der Waals surface area contributed by atoms with Crippen LogP contribution < -0.4 is 0 Å². The maximum absolute atomic E-state index is 12.2. The number of unbranched alkanes of at least 4 members (excludes halogenated alkanes) is 21. The summed E-state index contributed by atoms with van der Waals surface area (Å²) < 4.78 is 10.6. The maximum atomic E-state index is 12.2. The predicted octanol–water partition coefficient (Wildman–Crippen LogP) is 14.0. The summed E-state index contributed by atoms with van der Waals surface area (Å²) >= 11 is 0. The van der Waals surface area contributed by atoms with Gasteiger partial charge in [0.1, 0.15) is 6.61 Å². The lowest BCUT2D eigenvalue weighted by atomic mass is 10.1. The standard InChI is InChI=1S/C47H82O5/c1-3-5-7-9-11-13-15-17-19-21-22-23-24-26-28-30-32-34-36-38-40-42-47(50)52-45(43-48)44-51-46(49)41-39-37-35-33-31-29-27-25-20-18-16-14-12-10-8-6-4-2/h12,14-15,17-18,20-22,24,26,45,48H,3-11,13,16,19,23,25,27-44H2,1-2H3/b14-12-,17-15-,20-18-,22-21-,26-24-. The Morgan fingerprint density at radius 3 is 1.19 bits per heavy atom. The topological polar surface area (TPSA) is 72.8 Å². The first-order valence-electron chi connectivity index (χ1n) is 21.8. The molecule has 0 rings (SSSR count). The number of aliphatic hydroxyl groups excluding tert-OH is 1. The van der Waals surface area contributed by atoms with Crippen LogP contribution in [0.3, 0.4) is 0 Å². The van der Waals surface area contributed by atoms with E-state index in [1.165, 1.54) is 109 Å². The van der Waals surface area contributed by atoms with Crippen LogP contribution in [0.4, 0.5) is 0 Å². The Bertz CT molecular complexity index is 915. The molecule has 0 radical (unpaired) electrons. The third-order valence-electron chi connectivity index (χ3n) is 9.28. The van der Waals surface area contributed by atoms with Gasteiger partial charge in [-0.1, -0.05) is 171 Å². The molecule has 300 valence electrons. The van der Waals surface area contributed by atoms with Crippen LogP contribution in [-0.2, 0) is 19.1 Å². The fourth-order valence-corrected chi connectivity index (χ4v) is 5.94. The first kappa shape index (κ1) is 49.6. The number of hydrogen-bond acceptors (Lipinski definition) is 5. The van der Waals surface area contributed by atoms with Crippen LogP contribution in [0.5, 0.6) is 0 Å². The molecular weight excluding hydrogens is 645 g/mol. The highest BCUT2D eigenvalue weighted by Crippen LogP contribution is 2.13. The molecule has 0 aliphatic rings. The Labute approximate surface area is 321 Å². The van der Waals surface area contributed by atoms with E-state index in [1.54, 1.807) is 0 Å². The van der Waals surface area contributed by atoms with Crippen molar-refractivity contribution in [3.63, 3.8) is 0 Å². The van der Waals surface area contributed by atoms with Gasteiger partial charge in [0.15, 0.2) is 6.10 Å². The van der Waals surface area contributed by atoms with Crippen LogP contribution in [0.25, 0.3) is 0 Å². The number of carbonyl (C=O) groups excluding carboxylic acids is 2. The van der Waals surface area contributed by atoms with Gasteiger partial charge in [-0.2, -0.15) is 0 Å². The van der Waals surface area contributed by atoms with E-state index in [0.717, 1.165) is 70.6 Å². The zero-order valence-electron chi connectivity index (χ0n) is 34.1. The number of rotatable bonds is 39. The summed E-state index contributed by atoms with van der Waals surface area (Å²) in [5, 5.41) is 9.58. The summed E-state index contributed by atoms with van der Waals surface area (Å²) in [6, 6.07) is 0. The minimum atomic E-state index is -0.784. The summed E-state index contributed by atoms with van der Waals surface area (Å²) in [7, 11) is 0. The zero-order chi connectivity index (χ0) is 37.8. The fourth-order valence-electron chi connectivity index (χ4n) is 5.94. The Kier molecular flexibility index (Phi) is 41.0. The Morgan fingerprint density at radius 1 is 0.442 bits per heavy atom. The molecule has 0 saturated heterocycles. The Balaban J connectivity index is 3.60. The SMILES string of the molecule is CCCCC/C=C\C/C=C\CCCCCCCCCC(=O)OCC(CO)OC(=O)CCCCCCCC/C=C\C/C=C\C/C=C\CCCCCCC. The number of esters is 2. The van der Waals surface area contributed by atoms with Gasteiger partial charge in [0.2, 0.25) is 0 Å². The molecule has 0 aromatic heterocycles. The van der Waals surface area contributed by atoms with E-state index in [4.69, 9.17) is 9.47 Å². The third kappa shape index (κ3) is 40.4. The van der Waals surface area contributed by atoms with Gasteiger partial charge >= 0.3 is 11.9 Å². The van der Waals surface area contributed by atoms with Crippen molar-refractivity contribution in [2.45, 2.75) is 213 Å². The van der Waals surface area contributed by atoms with E-state index < -0.39 is 6.10 Å². The maximum Gasteiger partial charge on any atom is 0.306 e. The van der Waals surface area contributed by atoms with Crippen molar-refractivity contribution < 1.29 is 24.2 Å². The summed E-state index contributed by atoms with van der Waals surface area (Å²) in [5.74, 6) is -0.615. The lowest BCUT2D eigenvalue weighted by Gasteiger charge is -2.15. The molecule has 5 heteroatoms. The molecule has 0 fully saturated rings. The third-order valence-corrected chi connectivity index (χ3v) is 9.28. The summed E-state index contributed by atoms with van der Waals surface area (Å²) in [5.41, 5.74) is 0. The van der Waals surface area contributed by atoms with Crippen LogP contribution in [0, 0.1) is 0 Å². The molecule has 0 bridgehead atoms. The van der Waals surface area contributed by atoms with E-state index in [2.05, 4.69) is 74.6 Å². The molecule has 0 amide bonds. The van der Waals surface area contributed by atoms with Crippen LogP contribution in [0.2, 0.25) is 0 Å². The van der Waals surface area contributed by atoms with Crippen molar-refractivity contribution in [2.24, 2.45) is 0 Å². The van der Waals surface area contributed by atoms with E-state index in [-0.39, 0.29) is 25.2 Å². The van der Waals surface area contributed by atoms with Crippen molar-refractivity contribution in [3.8, 4) is 0 Å². The molecule has 0 heterocycles. The van der Waals surface area contributed by atoms with Gasteiger partial charge in [0.25, 0.3) is 0 Å². The zero-order valence-corrected chi connectivity index (χ0v) is 34.1. The number of allylic oxidation sites excluding steroid dienone is 10. The molecule has 1 atom stereocenters. The van der Waals surface area contributed by atoms with Crippen molar-refractivity contribution in [3.05, 3.63) is 60.8 Å². The van der Waals surface area contributed by atoms with Gasteiger partial charge < -0.3 is 14.6 Å². The smallest absolute Gasteiger partial charge is 0.306 e. The second kappa shape index (κ2) is 43.0.